The van der Waals surface area contributed by atoms with Crippen molar-refractivity contribution in [3.05, 3.63) is 11.9 Å². The molecule has 0 atom stereocenters. The Morgan fingerprint density at radius 1 is 1.47 bits per heavy atom. The second kappa shape index (κ2) is 6.16. The molecule has 0 aliphatic rings. The van der Waals surface area contributed by atoms with Crippen LogP contribution >= 0.6 is 0 Å². The predicted molar refractivity (Wildman–Crippen MR) is 68.4 cm³/mol. The summed E-state index contributed by atoms with van der Waals surface area (Å²) < 4.78 is 18.3. The fourth-order valence-corrected chi connectivity index (χ4v) is 1.78. The van der Waals surface area contributed by atoms with Crippen molar-refractivity contribution in [3.8, 4) is 0 Å². The van der Waals surface area contributed by atoms with Crippen molar-refractivity contribution < 1.29 is 18.7 Å². The lowest BCUT2D eigenvalue weighted by Crippen LogP contribution is -2.41. The van der Waals surface area contributed by atoms with Crippen LogP contribution in [0.1, 0.15) is 20.8 Å². The van der Waals surface area contributed by atoms with Gasteiger partial charge in [0, 0.05) is 12.1 Å². The molecule has 6 heteroatoms. The van der Waals surface area contributed by atoms with Crippen LogP contribution in [0.25, 0.3) is 0 Å². The Morgan fingerprint density at radius 3 is 2.35 bits per heavy atom. The van der Waals surface area contributed by atoms with Gasteiger partial charge in [-0.05, 0) is 18.1 Å². The summed E-state index contributed by atoms with van der Waals surface area (Å²) in [5.41, 5.74) is 0.303. The summed E-state index contributed by atoms with van der Waals surface area (Å²) in [6.07, 6.45) is -0.764. The van der Waals surface area contributed by atoms with Crippen molar-refractivity contribution in [1.29, 1.82) is 0 Å². The Hall–Kier alpha value is -0.883. The molecule has 0 aliphatic heterocycles. The summed E-state index contributed by atoms with van der Waals surface area (Å²) in [7, 11) is -1.92. The Balaban J connectivity index is 4.30. The first kappa shape index (κ1) is 16.1. The molecule has 0 heterocycles. The van der Waals surface area contributed by atoms with Crippen LogP contribution in [0.2, 0.25) is 18.1 Å². The lowest BCUT2D eigenvalue weighted by molar-refractivity contribution is 0.195. The second-order valence-corrected chi connectivity index (χ2v) is 10.3. The van der Waals surface area contributed by atoms with Gasteiger partial charge in [0.15, 0.2) is 8.32 Å². The van der Waals surface area contributed by atoms with Crippen molar-refractivity contribution in [2.24, 2.45) is 0 Å². The summed E-state index contributed by atoms with van der Waals surface area (Å²) >= 11 is 0. The summed E-state index contributed by atoms with van der Waals surface area (Å²) in [5, 5.41) is 10.6. The molecule has 0 saturated heterocycles. The molecule has 2 N–H and O–H groups in total. The van der Waals surface area contributed by atoms with Gasteiger partial charge in [0.2, 0.25) is 0 Å². The highest BCUT2D eigenvalue weighted by molar-refractivity contribution is 6.74. The maximum Gasteiger partial charge on any atom is 0.404 e. The van der Waals surface area contributed by atoms with Gasteiger partial charge in [-0.1, -0.05) is 20.8 Å². The maximum absolute atomic E-state index is 12.5. The average molecular weight is 263 g/mol. The molecule has 0 radical (unpaired) electrons. The van der Waals surface area contributed by atoms with Gasteiger partial charge < -0.3 is 14.8 Å². The zero-order valence-corrected chi connectivity index (χ0v) is 12.1. The first-order chi connectivity index (χ1) is 7.60. The quantitative estimate of drug-likeness (QED) is 0.749. The molecular weight excluding hydrogens is 241 g/mol. The molecule has 0 bridgehead atoms. The summed E-state index contributed by atoms with van der Waals surface area (Å²) in [6, 6.07) is 0. The average Bonchev–Trinajstić information content (AvgIpc) is 2.15. The monoisotopic (exact) mass is 263 g/mol. The lowest BCUT2D eigenvalue weighted by atomic mass is 10.2. The van der Waals surface area contributed by atoms with Crippen LogP contribution in [0.15, 0.2) is 11.9 Å². The van der Waals surface area contributed by atoms with Gasteiger partial charge in [-0.2, -0.15) is 0 Å². The Morgan fingerprint density at radius 2 is 2.00 bits per heavy atom. The third-order valence-electron chi connectivity index (χ3n) is 3.05. The third kappa shape index (κ3) is 5.83. The van der Waals surface area contributed by atoms with E-state index in [4.69, 9.17) is 9.53 Å². The van der Waals surface area contributed by atoms with Crippen LogP contribution in [0.3, 0.4) is 0 Å². The molecule has 0 aliphatic carbocycles. The smallest absolute Gasteiger partial charge is 0.404 e. The van der Waals surface area contributed by atoms with E-state index in [1.54, 1.807) is 0 Å². The van der Waals surface area contributed by atoms with Crippen molar-refractivity contribution >= 4 is 14.4 Å². The number of hydrogen-bond donors (Lipinski definition) is 2. The van der Waals surface area contributed by atoms with E-state index in [9.17, 15) is 9.18 Å². The number of carbonyl (C=O) groups is 1. The van der Waals surface area contributed by atoms with E-state index in [2.05, 4.69) is 39.2 Å². The van der Waals surface area contributed by atoms with Gasteiger partial charge in [-0.25, -0.2) is 9.18 Å². The van der Waals surface area contributed by atoms with E-state index in [0.29, 0.717) is 11.9 Å². The van der Waals surface area contributed by atoms with E-state index in [1.807, 2.05) is 0 Å². The molecule has 1 amide bonds. The van der Waals surface area contributed by atoms with Crippen LogP contribution in [0, 0.1) is 0 Å². The number of hydrogen-bond acceptors (Lipinski definition) is 2. The van der Waals surface area contributed by atoms with Crippen LogP contribution in [-0.2, 0) is 4.43 Å². The SMILES string of the molecule is CC(C)(C)[Si](C)(C)OC/C(=C/F)CNC(=O)O. The van der Waals surface area contributed by atoms with Gasteiger partial charge in [0.05, 0.1) is 12.9 Å². The summed E-state index contributed by atoms with van der Waals surface area (Å²) in [4.78, 5) is 10.3. The van der Waals surface area contributed by atoms with Gasteiger partial charge in [0.1, 0.15) is 0 Å². The first-order valence-electron chi connectivity index (χ1n) is 5.49. The van der Waals surface area contributed by atoms with Crippen LogP contribution < -0.4 is 5.32 Å². The topological polar surface area (TPSA) is 58.6 Å². The highest BCUT2D eigenvalue weighted by atomic mass is 28.4. The third-order valence-corrected chi connectivity index (χ3v) is 7.52. The van der Waals surface area contributed by atoms with E-state index < -0.39 is 14.4 Å². The number of amides is 1. The Kier molecular flexibility index (Phi) is 5.84. The maximum atomic E-state index is 12.5. The van der Waals surface area contributed by atoms with Crippen molar-refractivity contribution in [3.63, 3.8) is 0 Å². The van der Waals surface area contributed by atoms with E-state index in [1.165, 1.54) is 0 Å². The molecule has 100 valence electrons. The fraction of sp³-hybridized carbons (Fsp3) is 0.727. The Labute approximate surface area is 103 Å². The molecule has 0 aromatic heterocycles. The first-order valence-corrected chi connectivity index (χ1v) is 8.40. The molecule has 4 nitrogen and oxygen atoms in total. The largest absolute Gasteiger partial charge is 0.465 e. The number of halogens is 1. The van der Waals surface area contributed by atoms with E-state index >= 15 is 0 Å². The van der Waals surface area contributed by atoms with Crippen molar-refractivity contribution in [1.82, 2.24) is 5.32 Å². The summed E-state index contributed by atoms with van der Waals surface area (Å²) in [6.45, 7) is 10.5. The molecule has 0 aromatic carbocycles. The molecule has 0 saturated carbocycles. The second-order valence-electron chi connectivity index (χ2n) is 5.48. The number of nitrogens with one attached hydrogen (secondary N) is 1. The minimum Gasteiger partial charge on any atom is -0.465 e. The van der Waals surface area contributed by atoms with Crippen molar-refractivity contribution in [2.75, 3.05) is 13.2 Å². The fourth-order valence-electron chi connectivity index (χ4n) is 0.800. The van der Waals surface area contributed by atoms with Gasteiger partial charge in [-0.15, -0.1) is 0 Å². The highest BCUT2D eigenvalue weighted by Gasteiger charge is 2.37. The van der Waals surface area contributed by atoms with Crippen LogP contribution in [0.5, 0.6) is 0 Å². The number of rotatable bonds is 5. The minimum absolute atomic E-state index is 0.0412. The van der Waals surface area contributed by atoms with E-state index in [-0.39, 0.29) is 18.2 Å². The molecule has 0 spiro atoms. The molecule has 17 heavy (non-hydrogen) atoms. The Bertz CT molecular complexity index is 298. The van der Waals surface area contributed by atoms with Gasteiger partial charge >= 0.3 is 6.09 Å². The zero-order valence-electron chi connectivity index (χ0n) is 11.1. The normalized spacial score (nSPS) is 13.6. The van der Waals surface area contributed by atoms with E-state index in [0.717, 1.165) is 0 Å². The van der Waals surface area contributed by atoms with Crippen LogP contribution in [-0.4, -0.2) is 32.7 Å². The highest BCUT2D eigenvalue weighted by Crippen LogP contribution is 2.36. The standard InChI is InChI=1S/C11H22FNO3Si/c1-11(2,3)17(4,5)16-8-9(6-12)7-13-10(14)15/h6,13H,7-8H2,1-5H3,(H,14,15)/b9-6+. The zero-order chi connectivity index (χ0) is 13.7. The lowest BCUT2D eigenvalue weighted by Gasteiger charge is -2.36. The van der Waals surface area contributed by atoms with Crippen molar-refractivity contribution in [2.45, 2.75) is 38.9 Å². The number of carboxylic acid groups (broad SMARTS) is 1. The summed E-state index contributed by atoms with van der Waals surface area (Å²) in [5.74, 6) is 0. The van der Waals surface area contributed by atoms with Gasteiger partial charge in [0.25, 0.3) is 0 Å². The molecule has 0 rings (SSSR count). The predicted octanol–water partition coefficient (Wildman–Crippen LogP) is 3.13. The molecular formula is C11H22FNO3Si. The minimum atomic E-state index is -1.92. The van der Waals surface area contributed by atoms with Gasteiger partial charge in [-0.3, -0.25) is 0 Å². The molecule has 0 fully saturated rings. The molecule has 0 aromatic rings. The van der Waals surface area contributed by atoms with Crippen LogP contribution in [0.4, 0.5) is 9.18 Å². The molecule has 0 unspecified atom stereocenters.